The largest absolute Gasteiger partial charge is 0.369 e. The van der Waals surface area contributed by atoms with Crippen LogP contribution in [0.25, 0.3) is 0 Å². The Morgan fingerprint density at radius 2 is 1.93 bits per heavy atom. The number of carbonyl (C=O) groups is 1. The lowest BCUT2D eigenvalue weighted by atomic mass is 10.2. The van der Waals surface area contributed by atoms with E-state index in [0.29, 0.717) is 36.7 Å². The summed E-state index contributed by atoms with van der Waals surface area (Å²) in [6, 6.07) is 9.20. The van der Waals surface area contributed by atoms with Crippen LogP contribution in [0.4, 0.5) is 17.5 Å². The van der Waals surface area contributed by atoms with Gasteiger partial charge in [-0.3, -0.25) is 4.79 Å². The molecule has 1 aromatic heterocycles. The monoisotopic (exact) mass is 404 g/mol. The summed E-state index contributed by atoms with van der Waals surface area (Å²) in [6.45, 7) is 5.49. The maximum atomic E-state index is 11.4. The second-order valence-corrected chi connectivity index (χ2v) is 6.70. The van der Waals surface area contributed by atoms with Crippen molar-refractivity contribution >= 4 is 23.4 Å². The van der Waals surface area contributed by atoms with E-state index in [1.165, 1.54) is 0 Å². The van der Waals surface area contributed by atoms with E-state index in [4.69, 9.17) is 5.26 Å². The summed E-state index contributed by atoms with van der Waals surface area (Å²) in [5, 5.41) is 18.2. The van der Waals surface area contributed by atoms with Gasteiger partial charge in [0.1, 0.15) is 5.82 Å². The molecular weight excluding hydrogens is 376 g/mol. The Morgan fingerprint density at radius 3 is 2.63 bits per heavy atom. The summed E-state index contributed by atoms with van der Waals surface area (Å²) < 4.78 is 0. The number of nitrogens with zero attached hydrogens (tertiary/aromatic N) is 3. The van der Waals surface area contributed by atoms with Gasteiger partial charge >= 0.3 is 0 Å². The summed E-state index contributed by atoms with van der Waals surface area (Å²) >= 11 is 0. The lowest BCUT2D eigenvalue weighted by Gasteiger charge is -2.10. The molecule has 0 saturated carbocycles. The van der Waals surface area contributed by atoms with Gasteiger partial charge in [0.25, 0.3) is 0 Å². The maximum absolute atomic E-state index is 11.4. The fourth-order valence-corrected chi connectivity index (χ4v) is 2.55. The van der Waals surface area contributed by atoms with Gasteiger partial charge in [0.05, 0.1) is 23.4 Å². The van der Waals surface area contributed by atoms with Crippen LogP contribution in [0, 0.1) is 23.2 Å². The van der Waals surface area contributed by atoms with E-state index in [2.05, 4.69) is 50.8 Å². The highest BCUT2D eigenvalue weighted by atomic mass is 16.1. The predicted molar refractivity (Wildman–Crippen MR) is 119 cm³/mol. The van der Waals surface area contributed by atoms with Crippen LogP contribution >= 0.6 is 0 Å². The van der Waals surface area contributed by atoms with Crippen LogP contribution in [-0.2, 0) is 4.79 Å². The number of carbonyl (C=O) groups excluding carboxylic acids is 1. The highest BCUT2D eigenvalue weighted by Crippen LogP contribution is 2.17. The van der Waals surface area contributed by atoms with Crippen molar-refractivity contribution in [2.75, 3.05) is 23.7 Å². The minimum atomic E-state index is 0.0928. The second kappa shape index (κ2) is 12.8. The van der Waals surface area contributed by atoms with Crippen LogP contribution in [0.3, 0.4) is 0 Å². The van der Waals surface area contributed by atoms with Gasteiger partial charge in [0, 0.05) is 31.6 Å². The topological polar surface area (TPSA) is 103 Å². The van der Waals surface area contributed by atoms with Crippen LogP contribution in [0.2, 0.25) is 0 Å². The Hall–Kier alpha value is -3.58. The van der Waals surface area contributed by atoms with Crippen molar-refractivity contribution in [1.29, 1.82) is 5.26 Å². The Morgan fingerprint density at radius 1 is 1.13 bits per heavy atom. The van der Waals surface area contributed by atoms with E-state index in [1.54, 1.807) is 18.3 Å². The molecule has 0 saturated heterocycles. The van der Waals surface area contributed by atoms with Crippen molar-refractivity contribution in [2.24, 2.45) is 0 Å². The molecular formula is C23H28N6O. The first-order valence-electron chi connectivity index (χ1n) is 10.3. The molecule has 7 heteroatoms. The van der Waals surface area contributed by atoms with Gasteiger partial charge in [-0.1, -0.05) is 25.7 Å². The highest BCUT2D eigenvalue weighted by Gasteiger charge is 2.06. The summed E-state index contributed by atoms with van der Waals surface area (Å²) in [5.74, 6) is 7.50. The summed E-state index contributed by atoms with van der Waals surface area (Å²) in [4.78, 5) is 20.4. The normalized spacial score (nSPS) is 9.77. The molecule has 0 fully saturated rings. The van der Waals surface area contributed by atoms with Crippen LogP contribution in [0.5, 0.6) is 0 Å². The molecule has 0 bridgehead atoms. The number of nitrogens with one attached hydrogen (secondary N) is 3. The molecule has 1 aromatic carbocycles. The van der Waals surface area contributed by atoms with E-state index < -0.39 is 0 Å². The van der Waals surface area contributed by atoms with Crippen molar-refractivity contribution in [3.63, 3.8) is 0 Å². The summed E-state index contributed by atoms with van der Waals surface area (Å²) in [7, 11) is 0. The molecule has 0 aliphatic rings. The molecule has 156 valence electrons. The number of aromatic nitrogens is 2. The molecule has 7 nitrogen and oxygen atoms in total. The van der Waals surface area contributed by atoms with Crippen LogP contribution in [-0.4, -0.2) is 29.0 Å². The van der Waals surface area contributed by atoms with Gasteiger partial charge in [0.15, 0.2) is 0 Å². The minimum absolute atomic E-state index is 0.0928. The molecule has 1 amide bonds. The number of rotatable bonds is 10. The van der Waals surface area contributed by atoms with Crippen LogP contribution < -0.4 is 16.0 Å². The third kappa shape index (κ3) is 7.81. The zero-order chi connectivity index (χ0) is 21.6. The zero-order valence-electron chi connectivity index (χ0n) is 17.6. The Balaban J connectivity index is 1.99. The molecule has 0 spiro atoms. The van der Waals surface area contributed by atoms with E-state index in [1.807, 2.05) is 19.1 Å². The summed E-state index contributed by atoms with van der Waals surface area (Å²) in [5.41, 5.74) is 2.14. The number of hydrogen-bond donors (Lipinski definition) is 3. The molecule has 3 N–H and O–H groups in total. The van der Waals surface area contributed by atoms with Gasteiger partial charge in [-0.25, -0.2) is 4.98 Å². The first-order valence-corrected chi connectivity index (χ1v) is 10.3. The zero-order valence-corrected chi connectivity index (χ0v) is 17.6. The molecule has 0 radical (unpaired) electrons. The quantitative estimate of drug-likeness (QED) is 0.409. The van der Waals surface area contributed by atoms with Gasteiger partial charge in [-0.15, -0.1) is 0 Å². The average Bonchev–Trinajstić information content (AvgIpc) is 2.76. The fourth-order valence-electron chi connectivity index (χ4n) is 2.55. The molecule has 0 aliphatic heterocycles. The van der Waals surface area contributed by atoms with E-state index in [9.17, 15) is 4.79 Å². The SMILES string of the molecule is CCCNc1nc(Nc2ccc(C#N)cc2)ncc1C#CCCCNC(=O)CCC. The average molecular weight is 405 g/mol. The number of nitriles is 1. The number of hydrogen-bond acceptors (Lipinski definition) is 6. The summed E-state index contributed by atoms with van der Waals surface area (Å²) in [6.07, 6.45) is 5.58. The second-order valence-electron chi connectivity index (χ2n) is 6.70. The van der Waals surface area contributed by atoms with E-state index in [-0.39, 0.29) is 5.91 Å². The predicted octanol–water partition coefficient (Wildman–Crippen LogP) is 3.96. The Bertz CT molecular complexity index is 921. The fraction of sp³-hybridized carbons (Fsp3) is 0.391. The van der Waals surface area contributed by atoms with Gasteiger partial charge in [-0.05, 0) is 43.5 Å². The number of amides is 1. The highest BCUT2D eigenvalue weighted by molar-refractivity contribution is 5.75. The van der Waals surface area contributed by atoms with E-state index >= 15 is 0 Å². The molecule has 0 aliphatic carbocycles. The number of anilines is 3. The smallest absolute Gasteiger partial charge is 0.229 e. The van der Waals surface area contributed by atoms with E-state index in [0.717, 1.165) is 37.1 Å². The van der Waals surface area contributed by atoms with Gasteiger partial charge < -0.3 is 16.0 Å². The first-order chi connectivity index (χ1) is 14.7. The molecule has 0 unspecified atom stereocenters. The third-order valence-electron chi connectivity index (χ3n) is 4.10. The standard InChI is InChI=1S/C23H28N6O/c1-3-8-21(30)25-15-7-5-6-9-19-17-27-23(29-22(19)26-14-4-2)28-20-12-10-18(16-24)11-13-20/h10-13,17H,3-5,7-8,14-15H2,1-2H3,(H,25,30)(H2,26,27,28,29). The lowest BCUT2D eigenvalue weighted by Crippen LogP contribution is -2.23. The third-order valence-corrected chi connectivity index (χ3v) is 4.10. The van der Waals surface area contributed by atoms with Crippen molar-refractivity contribution in [1.82, 2.24) is 15.3 Å². The number of benzene rings is 1. The molecule has 30 heavy (non-hydrogen) atoms. The van der Waals surface area contributed by atoms with Crippen molar-refractivity contribution in [2.45, 2.75) is 46.0 Å². The molecule has 2 rings (SSSR count). The maximum Gasteiger partial charge on any atom is 0.229 e. The van der Waals surface area contributed by atoms with Crippen molar-refractivity contribution in [3.8, 4) is 17.9 Å². The Labute approximate surface area is 178 Å². The van der Waals surface area contributed by atoms with Crippen molar-refractivity contribution < 1.29 is 4.79 Å². The lowest BCUT2D eigenvalue weighted by molar-refractivity contribution is -0.121. The molecule has 0 atom stereocenters. The first kappa shape index (κ1) is 22.7. The van der Waals surface area contributed by atoms with Crippen LogP contribution in [0.1, 0.15) is 57.1 Å². The minimum Gasteiger partial charge on any atom is -0.369 e. The number of unbranched alkanes of at least 4 members (excludes halogenated alkanes) is 1. The van der Waals surface area contributed by atoms with Crippen LogP contribution in [0.15, 0.2) is 30.5 Å². The Kier molecular flexibility index (Phi) is 9.68. The van der Waals surface area contributed by atoms with Gasteiger partial charge in [0.2, 0.25) is 11.9 Å². The van der Waals surface area contributed by atoms with Gasteiger partial charge in [-0.2, -0.15) is 10.2 Å². The van der Waals surface area contributed by atoms with Crippen molar-refractivity contribution in [3.05, 3.63) is 41.6 Å². The molecule has 2 aromatic rings. The molecule has 1 heterocycles.